The zero-order valence-electron chi connectivity index (χ0n) is 59.1. The van der Waals surface area contributed by atoms with Gasteiger partial charge < -0.3 is 128 Å². The van der Waals surface area contributed by atoms with Crippen LogP contribution >= 0.6 is 0 Å². The second-order valence-electron chi connectivity index (χ2n) is 24.7. The minimum Gasteiger partial charge on any atom is -0.481 e. The molecule has 588 valence electrons. The quantitative estimate of drug-likeness (QED) is 0.0252. The van der Waals surface area contributed by atoms with Gasteiger partial charge in [-0.2, -0.15) is 0 Å². The molecule has 43 heteroatoms. The summed E-state index contributed by atoms with van der Waals surface area (Å²) < 4.78 is 0. The lowest BCUT2D eigenvalue weighted by Gasteiger charge is -2.27. The number of aliphatic hydroxyl groups excluding tert-OH is 2. The third kappa shape index (κ3) is 38.1. The van der Waals surface area contributed by atoms with Gasteiger partial charge in [0.25, 0.3) is 0 Å². The van der Waals surface area contributed by atoms with Crippen molar-refractivity contribution in [2.45, 2.75) is 229 Å². The molecule has 104 heavy (non-hydrogen) atoms. The lowest BCUT2D eigenvalue weighted by molar-refractivity contribution is -0.143. The third-order valence-corrected chi connectivity index (χ3v) is 15.2. The van der Waals surface area contributed by atoms with E-state index in [0.717, 1.165) is 20.8 Å². The van der Waals surface area contributed by atoms with Crippen molar-refractivity contribution < 1.29 is 122 Å². The van der Waals surface area contributed by atoms with Crippen molar-refractivity contribution in [2.24, 2.45) is 28.9 Å². The summed E-state index contributed by atoms with van der Waals surface area (Å²) in [6.45, 7) is 6.75. The van der Waals surface area contributed by atoms with Gasteiger partial charge in [-0.3, -0.25) is 86.3 Å². The highest BCUT2D eigenvalue weighted by Crippen LogP contribution is 2.11. The van der Waals surface area contributed by atoms with Crippen molar-refractivity contribution in [3.63, 3.8) is 0 Å². The fourth-order valence-corrected chi connectivity index (χ4v) is 9.13. The Bertz CT molecular complexity index is 3000. The maximum absolute atomic E-state index is 14.0. The summed E-state index contributed by atoms with van der Waals surface area (Å²) >= 11 is 0. The summed E-state index contributed by atoms with van der Waals surface area (Å²) in [5, 5.41) is 89.0. The van der Waals surface area contributed by atoms with Crippen molar-refractivity contribution in [3.8, 4) is 0 Å². The second kappa shape index (κ2) is 49.4. The molecule has 0 saturated carbocycles. The van der Waals surface area contributed by atoms with Crippen LogP contribution in [0.1, 0.15) is 145 Å². The van der Waals surface area contributed by atoms with Gasteiger partial charge in [0.2, 0.25) is 88.6 Å². The molecule has 0 bridgehead atoms. The summed E-state index contributed by atoms with van der Waals surface area (Å²) in [6, 6.07) is -21.7. The SMILES string of the molecule is CC(C)C[C@H](NC(=O)[C@H](CO)NC(=O)[C@H](C)NC(=O)[C@H](CCC(N)=O)NC(=O)[C@H](C)NC(=O)[C@@H](N)CO)C(=O)N[C@@H](CCC(=O)O)C(=O)N[C@@H](C)C(=O)N[C@@H](CCC(=O)O)C(=O)N[C@@H](C)C(=O)N[C@@H](CCCCN)C(=O)NCC(=O)N[C@@H](CCCCN)C(=O)N[C@@H](C)C(=O)N[C@@H](CCC(=O)O)C(=O)O. The van der Waals surface area contributed by atoms with Crippen molar-refractivity contribution in [1.82, 2.24) is 74.4 Å². The van der Waals surface area contributed by atoms with Gasteiger partial charge in [-0.25, -0.2) is 4.79 Å². The van der Waals surface area contributed by atoms with E-state index in [1.165, 1.54) is 13.8 Å². The van der Waals surface area contributed by atoms with Crippen LogP contribution < -0.4 is 97.4 Å². The lowest BCUT2D eigenvalue weighted by atomic mass is 10.0. The molecule has 0 unspecified atom stereocenters. The number of unbranched alkanes of at least 4 members (excludes halogenated alkanes) is 2. The van der Waals surface area contributed by atoms with E-state index in [1.54, 1.807) is 13.8 Å². The van der Waals surface area contributed by atoms with Crippen molar-refractivity contribution in [1.29, 1.82) is 0 Å². The normalized spacial score (nSPS) is 15.0. The van der Waals surface area contributed by atoms with Crippen LogP contribution in [-0.4, -0.2) is 261 Å². The maximum atomic E-state index is 14.0. The maximum Gasteiger partial charge on any atom is 0.326 e. The molecule has 0 aliphatic rings. The first-order valence-electron chi connectivity index (χ1n) is 33.4. The fraction of sp³-hybridized carbons (Fsp3) is 0.689. The molecular weight excluding hydrogens is 1380 g/mol. The zero-order valence-corrected chi connectivity index (χ0v) is 59.1. The van der Waals surface area contributed by atoms with Crippen LogP contribution in [0.3, 0.4) is 0 Å². The smallest absolute Gasteiger partial charge is 0.326 e. The summed E-state index contributed by atoms with van der Waals surface area (Å²) in [6.07, 6.45) is -3.69. The number of carbonyl (C=O) groups excluding carboxylic acids is 15. The number of hydrogen-bond acceptors (Lipinski definition) is 24. The number of aliphatic carboxylic acids is 4. The molecule has 0 saturated heterocycles. The Kier molecular flexibility index (Phi) is 44.5. The molecule has 28 N–H and O–H groups in total. The lowest BCUT2D eigenvalue weighted by Crippen LogP contribution is -2.60. The molecule has 0 spiro atoms. The minimum atomic E-state index is -1.84. The Morgan fingerprint density at radius 2 is 0.606 bits per heavy atom. The standard InChI is InChI=1S/C61H104N18O25/c1-28(2)24-41(78-60(102)42(27-81)79-52(94)33(7)71-56(98)37(14-18-43(65)82)74-48(90)29(3)67-53(95)34(64)26-80)59(101)76-39(16-20-46(86)87)58(100)70-31(5)50(92)75-38(15-19-45(84)85)57(99)69-30(4)49(91)73-35(12-8-10-22-62)54(96)66-25-44(83)72-36(13-9-11-23-63)55(97)68-32(6)51(93)77-40(61(103)104)17-21-47(88)89/h28-42,80-81H,8-27,62-64H2,1-7H3,(H2,65,82)(H,66,96)(H,67,95)(H,68,97)(H,69,99)(H,70,100)(H,71,98)(H,72,83)(H,73,91)(H,74,90)(H,75,92)(H,76,101)(H,77,93)(H,78,102)(H,79,94)(H,84,85)(H,86,87)(H,88,89)(H,103,104)/t29-,30-,31-,32-,33-,34-,35-,36-,37-,38-,39-,40-,41-,42-/m0/s1. The number of hydrogen-bond donors (Lipinski definition) is 24. The third-order valence-electron chi connectivity index (χ3n) is 15.2. The number of carbonyl (C=O) groups is 19. The summed E-state index contributed by atoms with van der Waals surface area (Å²) in [5.74, 6) is -21.6. The van der Waals surface area contributed by atoms with E-state index < -0.39 is 274 Å². The Morgan fingerprint density at radius 1 is 0.317 bits per heavy atom. The average molecular weight is 1490 g/mol. The van der Waals surface area contributed by atoms with Gasteiger partial charge in [-0.1, -0.05) is 13.8 Å². The molecule has 0 aromatic rings. The number of nitrogens with one attached hydrogen (secondary N) is 14. The molecular formula is C61H104N18O25. The Labute approximate surface area is 598 Å². The zero-order chi connectivity index (χ0) is 79.7. The Balaban J connectivity index is 6.35. The van der Waals surface area contributed by atoms with Crippen molar-refractivity contribution >= 4 is 112 Å². The summed E-state index contributed by atoms with van der Waals surface area (Å²) in [4.78, 5) is 245. The van der Waals surface area contributed by atoms with Crippen molar-refractivity contribution in [2.75, 3.05) is 32.8 Å². The Morgan fingerprint density at radius 3 is 0.933 bits per heavy atom. The van der Waals surface area contributed by atoms with Gasteiger partial charge in [0.1, 0.15) is 84.6 Å². The summed E-state index contributed by atoms with van der Waals surface area (Å²) in [5.41, 5.74) is 21.9. The van der Waals surface area contributed by atoms with E-state index in [0.29, 0.717) is 12.8 Å². The van der Waals surface area contributed by atoms with Gasteiger partial charge in [0.15, 0.2) is 0 Å². The fourth-order valence-electron chi connectivity index (χ4n) is 9.13. The van der Waals surface area contributed by atoms with Crippen LogP contribution in [0.5, 0.6) is 0 Å². The van der Waals surface area contributed by atoms with Gasteiger partial charge in [0.05, 0.1) is 19.8 Å². The topological polar surface area (TPSA) is 718 Å². The molecule has 0 aromatic heterocycles. The van der Waals surface area contributed by atoms with Crippen molar-refractivity contribution in [3.05, 3.63) is 0 Å². The van der Waals surface area contributed by atoms with Crippen LogP contribution in [-0.2, 0) is 91.1 Å². The van der Waals surface area contributed by atoms with E-state index in [1.807, 2.05) is 0 Å². The Hall–Kier alpha value is -10.3. The van der Waals surface area contributed by atoms with E-state index in [-0.39, 0.29) is 45.2 Å². The molecule has 0 aliphatic carbocycles. The van der Waals surface area contributed by atoms with Gasteiger partial charge >= 0.3 is 23.9 Å². The summed E-state index contributed by atoms with van der Waals surface area (Å²) in [7, 11) is 0. The van der Waals surface area contributed by atoms with Crippen LogP contribution in [0.4, 0.5) is 0 Å². The monoisotopic (exact) mass is 1490 g/mol. The number of primary amides is 1. The predicted octanol–water partition coefficient (Wildman–Crippen LogP) is -9.93. The molecule has 0 radical (unpaired) electrons. The number of nitrogens with two attached hydrogens (primary N) is 4. The van der Waals surface area contributed by atoms with E-state index in [4.69, 9.17) is 33.1 Å². The molecule has 0 aliphatic heterocycles. The minimum absolute atomic E-state index is 0.0222. The highest BCUT2D eigenvalue weighted by molar-refractivity contribution is 6.00. The molecule has 15 amide bonds. The first-order chi connectivity index (χ1) is 48.6. The second-order valence-corrected chi connectivity index (χ2v) is 24.7. The number of rotatable bonds is 53. The average Bonchev–Trinajstić information content (AvgIpc) is 0.692. The van der Waals surface area contributed by atoms with Crippen LogP contribution in [0.15, 0.2) is 0 Å². The van der Waals surface area contributed by atoms with E-state index in [2.05, 4.69) is 74.4 Å². The first kappa shape index (κ1) is 93.7. The molecule has 0 rings (SSSR count). The number of carboxylic acid groups (broad SMARTS) is 4. The largest absolute Gasteiger partial charge is 0.481 e. The molecule has 14 atom stereocenters. The number of amides is 15. The van der Waals surface area contributed by atoms with Gasteiger partial charge in [0, 0.05) is 25.7 Å². The van der Waals surface area contributed by atoms with Crippen LogP contribution in [0.2, 0.25) is 0 Å². The molecule has 0 fully saturated rings. The molecule has 43 nitrogen and oxygen atoms in total. The molecule has 0 heterocycles. The van der Waals surface area contributed by atoms with Crippen LogP contribution in [0, 0.1) is 5.92 Å². The predicted molar refractivity (Wildman–Crippen MR) is 361 cm³/mol. The number of carboxylic acids is 4. The number of aliphatic hydroxyl groups is 2. The first-order valence-corrected chi connectivity index (χ1v) is 33.4. The van der Waals surface area contributed by atoms with Gasteiger partial charge in [-0.05, 0) is 124 Å². The van der Waals surface area contributed by atoms with Gasteiger partial charge in [-0.15, -0.1) is 0 Å². The molecule has 0 aromatic carbocycles. The highest BCUT2D eigenvalue weighted by atomic mass is 16.4. The van der Waals surface area contributed by atoms with E-state index >= 15 is 0 Å². The van der Waals surface area contributed by atoms with E-state index in [9.17, 15) is 112 Å². The van der Waals surface area contributed by atoms with Crippen LogP contribution in [0.25, 0.3) is 0 Å². The highest BCUT2D eigenvalue weighted by Gasteiger charge is 2.36.